The van der Waals surface area contributed by atoms with Crippen LogP contribution in [0.3, 0.4) is 0 Å². The zero-order valence-corrected chi connectivity index (χ0v) is 19.2. The minimum atomic E-state index is -0.601. The number of ether oxygens (including phenoxy) is 1. The van der Waals surface area contributed by atoms with Crippen LogP contribution in [0.4, 0.5) is 0 Å². The minimum absolute atomic E-state index is 0. The van der Waals surface area contributed by atoms with E-state index < -0.39 is 5.54 Å². The molecule has 4 N–H and O–H groups in total. The smallest absolute Gasteiger partial charge is 0.197 e. The number of halogens is 2. The van der Waals surface area contributed by atoms with E-state index in [2.05, 4.69) is 0 Å². The quantitative estimate of drug-likeness (QED) is 0.300. The van der Waals surface area contributed by atoms with Crippen LogP contribution in [-0.4, -0.2) is 35.6 Å². The molecule has 0 radical (unpaired) electrons. The summed E-state index contributed by atoms with van der Waals surface area (Å²) in [6.07, 6.45) is 2.16. The summed E-state index contributed by atoms with van der Waals surface area (Å²) in [6, 6.07) is 10.9. The highest BCUT2D eigenvalue weighted by Crippen LogP contribution is 2.36. The molecule has 1 heterocycles. The highest BCUT2D eigenvalue weighted by molar-refractivity contribution is 8.93. The van der Waals surface area contributed by atoms with E-state index in [1.54, 1.807) is 18.2 Å². The summed E-state index contributed by atoms with van der Waals surface area (Å²) in [5.74, 6) is 0.624. The molecule has 0 aliphatic carbocycles. The fourth-order valence-electron chi connectivity index (χ4n) is 3.38. The molecule has 1 aromatic heterocycles. The number of hydrogen-bond acceptors (Lipinski definition) is 6. The molecule has 3 rings (SSSR count). The molecule has 0 saturated heterocycles. The summed E-state index contributed by atoms with van der Waals surface area (Å²) in [6.45, 7) is 0.390. The maximum Gasteiger partial charge on any atom is 0.197 e. The van der Waals surface area contributed by atoms with E-state index in [1.165, 1.54) is 11.3 Å². The van der Waals surface area contributed by atoms with Crippen LogP contribution in [0.25, 0.3) is 20.2 Å². The Balaban J connectivity index is 0.00000300. The molecule has 0 spiro atoms. The van der Waals surface area contributed by atoms with Crippen molar-refractivity contribution in [2.24, 2.45) is 5.73 Å². The van der Waals surface area contributed by atoms with Crippen LogP contribution in [-0.2, 0) is 0 Å². The van der Waals surface area contributed by atoms with E-state index >= 15 is 0 Å². The molecular weight excluding hydrogens is 478 g/mol. The van der Waals surface area contributed by atoms with Gasteiger partial charge < -0.3 is 20.7 Å². The number of fused-ring (bicyclic) bond motifs is 2. The van der Waals surface area contributed by atoms with Crippen molar-refractivity contribution >= 4 is 60.1 Å². The van der Waals surface area contributed by atoms with E-state index in [4.69, 9.17) is 22.1 Å². The van der Waals surface area contributed by atoms with Gasteiger partial charge in [0.1, 0.15) is 5.75 Å². The zero-order valence-electron chi connectivity index (χ0n) is 15.9. The lowest BCUT2D eigenvalue weighted by molar-refractivity contribution is 0.176. The largest absolute Gasteiger partial charge is 0.492 e. The molecule has 0 atom stereocenters. The fourth-order valence-corrected chi connectivity index (χ4v) is 4.85. The lowest BCUT2D eigenvalue weighted by atomic mass is 9.88. The van der Waals surface area contributed by atoms with Crippen LogP contribution in [0.1, 0.15) is 25.7 Å². The molecule has 0 bridgehead atoms. The van der Waals surface area contributed by atoms with Crippen molar-refractivity contribution in [3.8, 4) is 5.75 Å². The monoisotopic (exact) mass is 501 g/mol. The number of nitrogens with two attached hydrogens (primary N) is 1. The van der Waals surface area contributed by atoms with Crippen LogP contribution >= 0.6 is 39.9 Å². The highest BCUT2D eigenvalue weighted by atomic mass is 79.9. The molecule has 8 heteroatoms. The molecule has 29 heavy (non-hydrogen) atoms. The van der Waals surface area contributed by atoms with Gasteiger partial charge in [0.15, 0.2) is 5.43 Å². The number of aliphatic hydroxyl groups excluding tert-OH is 2. The Kier molecular flexibility index (Phi) is 8.88. The molecule has 2 aromatic carbocycles. The Morgan fingerprint density at radius 1 is 1.07 bits per heavy atom. The normalized spacial score (nSPS) is 11.6. The first-order chi connectivity index (χ1) is 13.5. The topological polar surface area (TPSA) is 92.8 Å². The summed E-state index contributed by atoms with van der Waals surface area (Å²) in [4.78, 5) is 12.9. The van der Waals surface area contributed by atoms with Crippen LogP contribution in [0.15, 0.2) is 41.2 Å². The zero-order chi connectivity index (χ0) is 20.1. The van der Waals surface area contributed by atoms with Gasteiger partial charge in [-0.05, 0) is 49.9 Å². The summed E-state index contributed by atoms with van der Waals surface area (Å²) in [5, 5.41) is 19.9. The van der Waals surface area contributed by atoms with Crippen molar-refractivity contribution in [1.82, 2.24) is 0 Å². The Morgan fingerprint density at radius 2 is 1.76 bits per heavy atom. The average molecular weight is 503 g/mol. The first-order valence-electron chi connectivity index (χ1n) is 9.26. The molecule has 158 valence electrons. The van der Waals surface area contributed by atoms with E-state index in [9.17, 15) is 15.0 Å². The first-order valence-corrected chi connectivity index (χ1v) is 10.5. The number of hydrogen-bond donors (Lipinski definition) is 3. The molecule has 0 aliphatic heterocycles. The van der Waals surface area contributed by atoms with Gasteiger partial charge >= 0.3 is 0 Å². The summed E-state index contributed by atoms with van der Waals surface area (Å²) < 4.78 is 7.59. The van der Waals surface area contributed by atoms with Gasteiger partial charge in [-0.1, -0.05) is 23.7 Å². The van der Waals surface area contributed by atoms with Crippen molar-refractivity contribution in [2.75, 3.05) is 19.8 Å². The van der Waals surface area contributed by atoms with Crippen LogP contribution in [0, 0.1) is 0 Å². The lowest BCUT2D eigenvalue weighted by Crippen LogP contribution is -2.42. The summed E-state index contributed by atoms with van der Waals surface area (Å²) in [5.41, 5.74) is 5.57. The third-order valence-corrected chi connectivity index (χ3v) is 6.44. The van der Waals surface area contributed by atoms with Gasteiger partial charge in [-0.3, -0.25) is 4.79 Å². The maximum atomic E-state index is 12.9. The number of rotatable bonds is 9. The van der Waals surface area contributed by atoms with Gasteiger partial charge in [0.25, 0.3) is 0 Å². The van der Waals surface area contributed by atoms with Crippen LogP contribution in [0.2, 0.25) is 5.02 Å². The molecule has 0 fully saturated rings. The van der Waals surface area contributed by atoms with Crippen molar-refractivity contribution in [2.45, 2.75) is 31.2 Å². The Labute approximate surface area is 188 Å². The second-order valence-electron chi connectivity index (χ2n) is 6.94. The average Bonchev–Trinajstić information content (AvgIpc) is 2.67. The summed E-state index contributed by atoms with van der Waals surface area (Å²) in [7, 11) is 0. The fraction of sp³-hybridized carbons (Fsp3) is 0.381. The molecule has 5 nitrogen and oxygen atoms in total. The van der Waals surface area contributed by atoms with Crippen molar-refractivity contribution in [1.29, 1.82) is 0 Å². The summed E-state index contributed by atoms with van der Waals surface area (Å²) >= 11 is 7.80. The van der Waals surface area contributed by atoms with Crippen molar-refractivity contribution < 1.29 is 14.9 Å². The second-order valence-corrected chi connectivity index (χ2v) is 8.40. The maximum absolute atomic E-state index is 12.9. The standard InChI is InChI=1S/C21H24ClNO4S.BrH/c22-15-6-7-16(27-13-3-8-21(23,9-11-24)10-12-25)20-18(15)19(26)14-4-1-2-5-17(14)28-20;/h1-2,4-7,24-25H,3,8-13,23H2;1H. The minimum Gasteiger partial charge on any atom is -0.492 e. The molecule has 3 aromatic rings. The lowest BCUT2D eigenvalue weighted by Gasteiger charge is -2.28. The van der Waals surface area contributed by atoms with Gasteiger partial charge in [0, 0.05) is 28.8 Å². The molecule has 0 aliphatic rings. The number of aliphatic hydroxyl groups is 2. The second kappa shape index (κ2) is 10.7. The molecule has 0 unspecified atom stereocenters. The van der Waals surface area contributed by atoms with E-state index in [-0.39, 0.29) is 35.6 Å². The first kappa shape index (κ1) is 24.1. The molecule has 0 saturated carbocycles. The number of benzene rings is 2. The van der Waals surface area contributed by atoms with Gasteiger partial charge in [-0.25, -0.2) is 0 Å². The van der Waals surface area contributed by atoms with E-state index in [1.807, 2.05) is 18.2 Å². The van der Waals surface area contributed by atoms with Crippen molar-refractivity contribution in [3.63, 3.8) is 0 Å². The van der Waals surface area contributed by atoms with Gasteiger partial charge in [0.05, 0.1) is 21.7 Å². The predicted octanol–water partition coefficient (Wildman–Crippen LogP) is 4.27. The van der Waals surface area contributed by atoms with E-state index in [0.717, 1.165) is 9.40 Å². The third-order valence-electron chi connectivity index (χ3n) is 4.94. The van der Waals surface area contributed by atoms with Gasteiger partial charge in [-0.15, -0.1) is 28.3 Å². The highest BCUT2D eigenvalue weighted by Gasteiger charge is 2.23. The van der Waals surface area contributed by atoms with E-state index in [0.29, 0.717) is 53.8 Å². The SMILES string of the molecule is Br.NC(CCO)(CCO)CCCOc1ccc(Cl)c2c(=O)c3ccccc3sc12. The van der Waals surface area contributed by atoms with Gasteiger partial charge in [-0.2, -0.15) is 0 Å². The molecule has 0 amide bonds. The predicted molar refractivity (Wildman–Crippen MR) is 126 cm³/mol. The van der Waals surface area contributed by atoms with Crippen LogP contribution < -0.4 is 15.9 Å². The van der Waals surface area contributed by atoms with Gasteiger partial charge in [0.2, 0.25) is 0 Å². The third kappa shape index (κ3) is 5.48. The Bertz CT molecular complexity index is 1020. The van der Waals surface area contributed by atoms with Crippen molar-refractivity contribution in [3.05, 3.63) is 51.6 Å². The van der Waals surface area contributed by atoms with Crippen LogP contribution in [0.5, 0.6) is 5.75 Å². The molecular formula is C21H25BrClNO4S. The Morgan fingerprint density at radius 3 is 2.45 bits per heavy atom. The Hall–Kier alpha value is -1.22.